The molecule has 144 valence electrons. The molecule has 0 atom stereocenters. The van der Waals surface area contributed by atoms with Gasteiger partial charge in [0.2, 0.25) is 5.95 Å². The number of hydrogen-bond donors (Lipinski definition) is 1. The number of rotatable bonds is 4. The third kappa shape index (κ3) is 4.25. The summed E-state index contributed by atoms with van der Waals surface area (Å²) in [5.74, 6) is 1.62. The lowest BCUT2D eigenvalue weighted by Gasteiger charge is -2.36. The Hall–Kier alpha value is -3.08. The van der Waals surface area contributed by atoms with Crippen LogP contribution >= 0.6 is 0 Å². The van der Waals surface area contributed by atoms with Crippen LogP contribution in [0.5, 0.6) is 0 Å². The highest BCUT2D eigenvalue weighted by Crippen LogP contribution is 2.22. The summed E-state index contributed by atoms with van der Waals surface area (Å²) in [6.07, 6.45) is 1.83. The van der Waals surface area contributed by atoms with E-state index in [1.165, 1.54) is 22.4 Å². The van der Waals surface area contributed by atoms with Crippen LogP contribution in [-0.4, -0.2) is 36.1 Å². The summed E-state index contributed by atoms with van der Waals surface area (Å²) in [5, 5.41) is 3.35. The number of hydrogen-bond acceptors (Lipinski definition) is 5. The smallest absolute Gasteiger partial charge is 0.229 e. The highest BCUT2D eigenvalue weighted by Gasteiger charge is 2.19. The van der Waals surface area contributed by atoms with E-state index in [1.807, 2.05) is 12.3 Å². The van der Waals surface area contributed by atoms with Crippen LogP contribution in [0.4, 0.5) is 23.1 Å². The summed E-state index contributed by atoms with van der Waals surface area (Å²) >= 11 is 0. The van der Waals surface area contributed by atoms with Crippen LogP contribution < -0.4 is 15.1 Å². The van der Waals surface area contributed by atoms with Gasteiger partial charge in [0.15, 0.2) is 0 Å². The topological polar surface area (TPSA) is 44.3 Å². The molecule has 1 aromatic heterocycles. The van der Waals surface area contributed by atoms with E-state index in [9.17, 15) is 0 Å². The van der Waals surface area contributed by atoms with Gasteiger partial charge in [-0.1, -0.05) is 18.2 Å². The van der Waals surface area contributed by atoms with Crippen LogP contribution in [0.15, 0.2) is 54.7 Å². The molecule has 28 heavy (non-hydrogen) atoms. The number of piperazine rings is 1. The first-order valence-corrected chi connectivity index (χ1v) is 9.82. The van der Waals surface area contributed by atoms with Crippen molar-refractivity contribution in [2.45, 2.75) is 20.8 Å². The highest BCUT2D eigenvalue weighted by molar-refractivity contribution is 5.58. The lowest BCUT2D eigenvalue weighted by atomic mass is 10.1. The number of nitrogens with zero attached hydrogens (tertiary/aromatic N) is 4. The third-order valence-electron chi connectivity index (χ3n) is 5.09. The molecule has 0 spiro atoms. The molecule has 0 saturated carbocycles. The van der Waals surface area contributed by atoms with Crippen LogP contribution in [0.2, 0.25) is 0 Å². The molecule has 2 heterocycles. The van der Waals surface area contributed by atoms with Gasteiger partial charge < -0.3 is 15.1 Å². The van der Waals surface area contributed by atoms with Crippen molar-refractivity contribution >= 4 is 23.1 Å². The van der Waals surface area contributed by atoms with Crippen molar-refractivity contribution in [3.63, 3.8) is 0 Å². The minimum atomic E-state index is 0.642. The molecule has 0 bridgehead atoms. The molecule has 1 aliphatic rings. The van der Waals surface area contributed by atoms with Crippen LogP contribution in [0, 0.1) is 20.8 Å². The fourth-order valence-electron chi connectivity index (χ4n) is 3.78. The molecular weight excluding hydrogens is 346 g/mol. The van der Waals surface area contributed by atoms with Gasteiger partial charge in [-0.25, -0.2) is 4.98 Å². The molecule has 5 nitrogen and oxygen atoms in total. The molecule has 1 saturated heterocycles. The molecule has 2 aromatic carbocycles. The van der Waals surface area contributed by atoms with Gasteiger partial charge in [-0.3, -0.25) is 0 Å². The van der Waals surface area contributed by atoms with E-state index < -0.39 is 0 Å². The quantitative estimate of drug-likeness (QED) is 0.731. The third-order valence-corrected chi connectivity index (χ3v) is 5.09. The Morgan fingerprint density at radius 3 is 2.21 bits per heavy atom. The van der Waals surface area contributed by atoms with E-state index in [4.69, 9.17) is 4.98 Å². The van der Waals surface area contributed by atoms with Gasteiger partial charge in [0, 0.05) is 43.8 Å². The summed E-state index contributed by atoms with van der Waals surface area (Å²) < 4.78 is 0. The number of aromatic nitrogens is 2. The van der Waals surface area contributed by atoms with Crippen molar-refractivity contribution in [1.82, 2.24) is 9.97 Å². The second-order valence-corrected chi connectivity index (χ2v) is 7.55. The minimum Gasteiger partial charge on any atom is -0.368 e. The van der Waals surface area contributed by atoms with Gasteiger partial charge in [-0.15, -0.1) is 0 Å². The maximum atomic E-state index is 4.75. The van der Waals surface area contributed by atoms with Crippen molar-refractivity contribution in [2.75, 3.05) is 41.3 Å². The van der Waals surface area contributed by atoms with E-state index in [0.717, 1.165) is 37.7 Å². The SMILES string of the molecule is Cc1cc(C)cc(Nc2nccc(N3CCN(c4cccc(C)c4)CC3)n2)c1. The van der Waals surface area contributed by atoms with Gasteiger partial charge in [0.25, 0.3) is 0 Å². The Morgan fingerprint density at radius 2 is 1.50 bits per heavy atom. The van der Waals surface area contributed by atoms with Crippen molar-refractivity contribution in [2.24, 2.45) is 0 Å². The normalized spacial score (nSPS) is 14.2. The van der Waals surface area contributed by atoms with Gasteiger partial charge in [-0.2, -0.15) is 4.98 Å². The van der Waals surface area contributed by atoms with E-state index in [1.54, 1.807) is 0 Å². The fraction of sp³-hybridized carbons (Fsp3) is 0.304. The number of benzene rings is 2. The Bertz CT molecular complexity index is 940. The van der Waals surface area contributed by atoms with Crippen LogP contribution in [0.1, 0.15) is 16.7 Å². The molecule has 1 fully saturated rings. The van der Waals surface area contributed by atoms with E-state index in [2.05, 4.69) is 83.3 Å². The fourth-order valence-corrected chi connectivity index (χ4v) is 3.78. The van der Waals surface area contributed by atoms with Crippen LogP contribution in [0.25, 0.3) is 0 Å². The van der Waals surface area contributed by atoms with Crippen LogP contribution in [0.3, 0.4) is 0 Å². The molecular formula is C23H27N5. The van der Waals surface area contributed by atoms with E-state index in [-0.39, 0.29) is 0 Å². The van der Waals surface area contributed by atoms with Crippen molar-refractivity contribution in [3.8, 4) is 0 Å². The average molecular weight is 374 g/mol. The predicted octanol–water partition coefficient (Wildman–Crippen LogP) is 4.47. The maximum absolute atomic E-state index is 4.75. The molecule has 0 aliphatic carbocycles. The van der Waals surface area contributed by atoms with E-state index in [0.29, 0.717) is 5.95 Å². The monoisotopic (exact) mass is 373 g/mol. The summed E-state index contributed by atoms with van der Waals surface area (Å²) in [5.41, 5.74) is 6.09. The highest BCUT2D eigenvalue weighted by atomic mass is 15.3. The second-order valence-electron chi connectivity index (χ2n) is 7.55. The lowest BCUT2D eigenvalue weighted by Crippen LogP contribution is -2.46. The summed E-state index contributed by atoms with van der Waals surface area (Å²) in [7, 11) is 0. The standard InChI is InChI=1S/C23H27N5/c1-17-5-4-6-21(16-17)27-9-11-28(12-10-27)22-7-8-24-23(26-22)25-20-14-18(2)13-19(3)15-20/h4-8,13-16H,9-12H2,1-3H3,(H,24,25,26). The van der Waals surface area contributed by atoms with Gasteiger partial charge in [0.05, 0.1) is 0 Å². The molecule has 3 aromatic rings. The van der Waals surface area contributed by atoms with Crippen molar-refractivity contribution in [3.05, 3.63) is 71.4 Å². The maximum Gasteiger partial charge on any atom is 0.229 e. The largest absolute Gasteiger partial charge is 0.368 e. The molecule has 0 unspecified atom stereocenters. The first-order valence-electron chi connectivity index (χ1n) is 9.82. The first-order chi connectivity index (χ1) is 13.6. The number of nitrogens with one attached hydrogen (secondary N) is 1. The Balaban J connectivity index is 1.43. The number of aryl methyl sites for hydroxylation is 3. The van der Waals surface area contributed by atoms with Crippen molar-refractivity contribution < 1.29 is 0 Å². The molecule has 4 rings (SSSR count). The summed E-state index contributed by atoms with van der Waals surface area (Å²) in [6.45, 7) is 10.2. The zero-order valence-electron chi connectivity index (χ0n) is 16.8. The Labute approximate surface area is 167 Å². The lowest BCUT2D eigenvalue weighted by molar-refractivity contribution is 0.647. The second kappa shape index (κ2) is 7.89. The summed E-state index contributed by atoms with van der Waals surface area (Å²) in [4.78, 5) is 13.9. The van der Waals surface area contributed by atoms with Gasteiger partial charge in [-0.05, 0) is 67.8 Å². The number of anilines is 4. The van der Waals surface area contributed by atoms with Gasteiger partial charge >= 0.3 is 0 Å². The van der Waals surface area contributed by atoms with Gasteiger partial charge in [0.1, 0.15) is 5.82 Å². The minimum absolute atomic E-state index is 0.642. The molecule has 0 amide bonds. The molecule has 1 N–H and O–H groups in total. The Kier molecular flexibility index (Phi) is 5.15. The zero-order valence-corrected chi connectivity index (χ0v) is 16.8. The van der Waals surface area contributed by atoms with E-state index >= 15 is 0 Å². The molecule has 5 heteroatoms. The Morgan fingerprint density at radius 1 is 0.786 bits per heavy atom. The first kappa shape index (κ1) is 18.3. The predicted molar refractivity (Wildman–Crippen MR) is 117 cm³/mol. The average Bonchev–Trinajstić information content (AvgIpc) is 2.67. The molecule has 1 aliphatic heterocycles. The van der Waals surface area contributed by atoms with Crippen molar-refractivity contribution in [1.29, 1.82) is 0 Å². The zero-order chi connectivity index (χ0) is 19.5. The summed E-state index contributed by atoms with van der Waals surface area (Å²) in [6, 6.07) is 17.1. The van der Waals surface area contributed by atoms with Crippen LogP contribution in [-0.2, 0) is 0 Å². The molecule has 0 radical (unpaired) electrons.